The molecule has 0 spiro atoms. The third kappa shape index (κ3) is 4.80. The third-order valence-corrected chi connectivity index (χ3v) is 10.9. The van der Waals surface area contributed by atoms with E-state index in [2.05, 4.69) is 114 Å². The van der Waals surface area contributed by atoms with E-state index in [-0.39, 0.29) is 17.0 Å². The molecule has 0 bridgehead atoms. The van der Waals surface area contributed by atoms with Gasteiger partial charge < -0.3 is 21.5 Å². The summed E-state index contributed by atoms with van der Waals surface area (Å²) in [5, 5.41) is 14.7. The fraction of sp³-hybridized carbons (Fsp3) is 0.100. The molecule has 0 aliphatic carbocycles. The van der Waals surface area contributed by atoms with Gasteiger partial charge in [-0.2, -0.15) is 5.26 Å². The van der Waals surface area contributed by atoms with Crippen LogP contribution in [-0.2, 0) is 12.7 Å². The summed E-state index contributed by atoms with van der Waals surface area (Å²) in [6, 6.07) is 43.3. The summed E-state index contributed by atoms with van der Waals surface area (Å²) in [6.07, 6.45) is 0.874. The van der Waals surface area contributed by atoms with Crippen LogP contribution >= 0.6 is 18.9 Å². The first-order chi connectivity index (χ1) is 16.8. The van der Waals surface area contributed by atoms with E-state index in [1.54, 1.807) is 0 Å². The van der Waals surface area contributed by atoms with Gasteiger partial charge in [-0.25, -0.2) is 0 Å². The molecule has 2 nitrogen and oxygen atoms in total. The van der Waals surface area contributed by atoms with Crippen molar-refractivity contribution in [3.63, 3.8) is 0 Å². The zero-order chi connectivity index (χ0) is 23.4. The molecule has 1 heterocycles. The number of nitrogens with zero attached hydrogens (tertiary/aromatic N) is 2. The van der Waals surface area contributed by atoms with E-state index in [9.17, 15) is 5.26 Å². The van der Waals surface area contributed by atoms with Crippen molar-refractivity contribution in [2.75, 3.05) is 5.88 Å². The largest absolute Gasteiger partial charge is 1.00 e. The van der Waals surface area contributed by atoms with Crippen LogP contribution in [-0.4, -0.2) is 10.4 Å². The van der Waals surface area contributed by atoms with Crippen LogP contribution in [0, 0.1) is 11.3 Å². The lowest BCUT2D eigenvalue weighted by atomic mass is 10.2. The first kappa shape index (κ1) is 25.2. The molecule has 0 radical (unpaired) electrons. The maximum atomic E-state index is 9.48. The highest BCUT2D eigenvalue weighted by Crippen LogP contribution is 2.58. The summed E-state index contributed by atoms with van der Waals surface area (Å²) in [5.41, 5.74) is 2.99. The van der Waals surface area contributed by atoms with Crippen molar-refractivity contribution >= 4 is 45.7 Å². The summed E-state index contributed by atoms with van der Waals surface area (Å²) in [5.74, 6) is 0.515. The van der Waals surface area contributed by atoms with E-state index in [4.69, 9.17) is 11.6 Å². The van der Waals surface area contributed by atoms with Gasteiger partial charge in [-0.05, 0) is 54.6 Å². The number of hydrogen-bond donors (Lipinski definition) is 0. The number of fused-ring (bicyclic) bond motifs is 1. The van der Waals surface area contributed by atoms with Crippen LogP contribution in [0.5, 0.6) is 0 Å². The van der Waals surface area contributed by atoms with Crippen LogP contribution < -0.4 is 32.9 Å². The average molecular weight is 560 g/mol. The van der Waals surface area contributed by atoms with E-state index in [1.165, 1.54) is 21.6 Å². The summed E-state index contributed by atoms with van der Waals surface area (Å²) >= 11 is 6.28. The molecule has 0 amide bonds. The Morgan fingerprint density at radius 3 is 1.69 bits per heavy atom. The summed E-state index contributed by atoms with van der Waals surface area (Å²) < 4.78 is 2.31. The minimum Gasteiger partial charge on any atom is -1.00 e. The SMILES string of the molecule is N#Cc1ccc2cc(C[P+](c3ccccc3)(c3ccccc3)c3ccccc3)n(CCCl)c2c1.[Br-]. The number of benzene rings is 4. The summed E-state index contributed by atoms with van der Waals surface area (Å²) in [4.78, 5) is 0. The van der Waals surface area contributed by atoms with Gasteiger partial charge in [0, 0.05) is 23.3 Å². The van der Waals surface area contributed by atoms with Gasteiger partial charge in [0.05, 0.1) is 17.3 Å². The van der Waals surface area contributed by atoms with Crippen LogP contribution in [0.4, 0.5) is 0 Å². The lowest BCUT2D eigenvalue weighted by Gasteiger charge is -2.28. The Bertz CT molecular complexity index is 1350. The van der Waals surface area contributed by atoms with Crippen molar-refractivity contribution in [1.82, 2.24) is 4.57 Å². The molecule has 4 aromatic carbocycles. The zero-order valence-corrected chi connectivity index (χ0v) is 22.4. The lowest BCUT2D eigenvalue weighted by Crippen LogP contribution is -3.00. The molecule has 0 aliphatic rings. The quantitative estimate of drug-likeness (QED) is 0.222. The Morgan fingerprint density at radius 2 is 1.23 bits per heavy atom. The molecular formula is C30H25BrClN2P. The fourth-order valence-corrected chi connectivity index (χ4v) is 9.27. The van der Waals surface area contributed by atoms with Crippen LogP contribution in [0.15, 0.2) is 115 Å². The number of halogens is 2. The van der Waals surface area contributed by atoms with E-state index in [0.717, 1.165) is 17.1 Å². The number of nitriles is 1. The molecule has 5 heteroatoms. The van der Waals surface area contributed by atoms with Crippen LogP contribution in [0.3, 0.4) is 0 Å². The third-order valence-electron chi connectivity index (χ3n) is 6.42. The minimum absolute atomic E-state index is 0. The number of aryl methyl sites for hydroxylation is 1. The maximum Gasteiger partial charge on any atom is 0.118 e. The Kier molecular flexibility index (Phi) is 8.09. The summed E-state index contributed by atoms with van der Waals surface area (Å²) in [6.45, 7) is 0.702. The van der Waals surface area contributed by atoms with Gasteiger partial charge in [0.2, 0.25) is 0 Å². The van der Waals surface area contributed by atoms with Crippen LogP contribution in [0.2, 0.25) is 0 Å². The monoisotopic (exact) mass is 558 g/mol. The second-order valence-electron chi connectivity index (χ2n) is 8.34. The first-order valence-corrected chi connectivity index (χ1v) is 13.9. The maximum absolute atomic E-state index is 9.48. The van der Waals surface area contributed by atoms with Gasteiger partial charge in [-0.3, -0.25) is 0 Å². The predicted molar refractivity (Wildman–Crippen MR) is 146 cm³/mol. The topological polar surface area (TPSA) is 28.7 Å². The second kappa shape index (κ2) is 11.2. The Labute approximate surface area is 222 Å². The molecule has 5 rings (SSSR count). The van der Waals surface area contributed by atoms with Gasteiger partial charge in [0.15, 0.2) is 0 Å². The highest BCUT2D eigenvalue weighted by Gasteiger charge is 2.46. The average Bonchev–Trinajstić information content (AvgIpc) is 3.25. The van der Waals surface area contributed by atoms with Crippen molar-refractivity contribution in [1.29, 1.82) is 5.26 Å². The molecule has 0 N–H and O–H groups in total. The number of rotatable bonds is 7. The molecule has 0 atom stereocenters. The van der Waals surface area contributed by atoms with Gasteiger partial charge in [-0.1, -0.05) is 60.7 Å². The van der Waals surface area contributed by atoms with Crippen molar-refractivity contribution < 1.29 is 17.0 Å². The lowest BCUT2D eigenvalue weighted by molar-refractivity contribution is -0.00000677. The van der Waals surface area contributed by atoms with Gasteiger partial charge >= 0.3 is 0 Å². The van der Waals surface area contributed by atoms with E-state index >= 15 is 0 Å². The normalized spacial score (nSPS) is 11.1. The van der Waals surface area contributed by atoms with Crippen molar-refractivity contribution in [3.05, 3.63) is 127 Å². The molecule has 5 aromatic rings. The molecule has 0 fully saturated rings. The van der Waals surface area contributed by atoms with Gasteiger partial charge in [-0.15, -0.1) is 11.6 Å². The molecule has 0 unspecified atom stereocenters. The molecule has 0 saturated carbocycles. The van der Waals surface area contributed by atoms with Crippen LogP contribution in [0.1, 0.15) is 11.3 Å². The minimum atomic E-state index is -2.03. The number of aromatic nitrogens is 1. The van der Waals surface area contributed by atoms with E-state index < -0.39 is 7.26 Å². The second-order valence-corrected chi connectivity index (χ2v) is 12.2. The van der Waals surface area contributed by atoms with Gasteiger partial charge in [0.1, 0.15) is 29.3 Å². The Balaban J connectivity index is 0.00000289. The smallest absolute Gasteiger partial charge is 0.118 e. The summed E-state index contributed by atoms with van der Waals surface area (Å²) in [7, 11) is -2.03. The van der Waals surface area contributed by atoms with Crippen molar-refractivity contribution in [2.45, 2.75) is 12.7 Å². The zero-order valence-electron chi connectivity index (χ0n) is 19.2. The van der Waals surface area contributed by atoms with Crippen molar-refractivity contribution in [3.8, 4) is 6.07 Å². The molecular weight excluding hydrogens is 535 g/mol. The Morgan fingerprint density at radius 1 is 0.714 bits per heavy atom. The molecule has 0 aliphatic heterocycles. The first-order valence-electron chi connectivity index (χ1n) is 11.4. The predicted octanol–water partition coefficient (Wildman–Crippen LogP) is 3.25. The van der Waals surface area contributed by atoms with Gasteiger partial charge in [0.25, 0.3) is 0 Å². The fourth-order valence-electron chi connectivity index (χ4n) is 4.87. The molecule has 174 valence electrons. The van der Waals surface area contributed by atoms with Crippen molar-refractivity contribution in [2.24, 2.45) is 0 Å². The standard InChI is InChI=1S/C30H25ClN2P.BrH/c31-18-19-33-26(21-25-17-16-24(22-32)20-30(25)33)23-34(27-10-4-1-5-11-27,28-12-6-2-7-13-28)29-14-8-3-9-15-29;/h1-17,20-21H,18-19,23H2;1H/q+1;/p-1. The number of alkyl halides is 1. The number of hydrogen-bond acceptors (Lipinski definition) is 1. The highest BCUT2D eigenvalue weighted by molar-refractivity contribution is 7.95. The molecule has 0 saturated heterocycles. The highest BCUT2D eigenvalue weighted by atomic mass is 79.9. The van der Waals surface area contributed by atoms with Crippen LogP contribution in [0.25, 0.3) is 10.9 Å². The van der Waals surface area contributed by atoms with E-state index in [1.807, 2.05) is 12.1 Å². The Hall–Kier alpha value is -2.89. The molecule has 35 heavy (non-hydrogen) atoms. The molecule has 1 aromatic heterocycles. The van der Waals surface area contributed by atoms with E-state index in [0.29, 0.717) is 18.0 Å².